The normalized spacial score (nSPS) is 15.6. The van der Waals surface area contributed by atoms with E-state index in [2.05, 4.69) is 37.4 Å². The van der Waals surface area contributed by atoms with Gasteiger partial charge in [-0.1, -0.05) is 32.0 Å². The van der Waals surface area contributed by atoms with Gasteiger partial charge in [-0.05, 0) is 54.7 Å². The molecule has 1 aliphatic rings. The Morgan fingerprint density at radius 3 is 2.62 bits per heavy atom. The Hall–Kier alpha value is -1.35. The van der Waals surface area contributed by atoms with Crippen LogP contribution in [-0.2, 0) is 24.1 Å². The summed E-state index contributed by atoms with van der Waals surface area (Å²) in [5, 5.41) is 12.1. The number of aliphatic hydroxyl groups excluding tert-OH is 1. The number of hydrogen-bond acceptors (Lipinski definition) is 2. The largest absolute Gasteiger partial charge is 0.396 e. The highest BCUT2D eigenvalue weighted by Gasteiger charge is 2.16. The van der Waals surface area contributed by atoms with Crippen molar-refractivity contribution in [3.8, 4) is 0 Å². The molecule has 0 bridgehead atoms. The molecule has 0 radical (unpaired) electrons. The minimum Gasteiger partial charge on any atom is -0.396 e. The van der Waals surface area contributed by atoms with E-state index in [-0.39, 0.29) is 18.6 Å². The Labute approximate surface area is 127 Å². The first-order valence-electron chi connectivity index (χ1n) is 8.11. The summed E-state index contributed by atoms with van der Waals surface area (Å²) in [5.41, 5.74) is 3.97. The minimum absolute atomic E-state index is 0.0536. The average Bonchev–Trinajstić information content (AvgIpc) is 2.46. The number of hydrogen-bond donors (Lipinski definition) is 2. The quantitative estimate of drug-likeness (QED) is 0.846. The second-order valence-corrected chi connectivity index (χ2v) is 6.42. The van der Waals surface area contributed by atoms with Crippen molar-refractivity contribution in [2.24, 2.45) is 5.92 Å². The molecule has 0 heterocycles. The molecular formula is C18H27NO2. The molecule has 1 amide bonds. The number of rotatable bonds is 6. The molecule has 2 rings (SSSR count). The second kappa shape index (κ2) is 7.60. The van der Waals surface area contributed by atoms with E-state index >= 15 is 0 Å². The summed E-state index contributed by atoms with van der Waals surface area (Å²) < 4.78 is 0. The van der Waals surface area contributed by atoms with E-state index < -0.39 is 0 Å². The highest BCUT2D eigenvalue weighted by Crippen LogP contribution is 2.22. The third kappa shape index (κ3) is 4.57. The molecule has 1 aliphatic carbocycles. The molecule has 1 unspecified atom stereocenters. The van der Waals surface area contributed by atoms with Gasteiger partial charge in [-0.25, -0.2) is 0 Å². The van der Waals surface area contributed by atoms with E-state index in [0.717, 1.165) is 12.0 Å². The fourth-order valence-corrected chi connectivity index (χ4v) is 3.05. The lowest BCUT2D eigenvalue weighted by atomic mass is 9.90. The number of fused-ring (bicyclic) bond motifs is 1. The molecular weight excluding hydrogens is 262 g/mol. The molecule has 21 heavy (non-hydrogen) atoms. The first-order valence-corrected chi connectivity index (χ1v) is 8.11. The number of carbonyl (C=O) groups excluding carboxylic acids is 1. The van der Waals surface area contributed by atoms with Crippen molar-refractivity contribution in [3.05, 3.63) is 34.9 Å². The fraction of sp³-hybridized carbons (Fsp3) is 0.611. The third-order valence-electron chi connectivity index (χ3n) is 4.37. The van der Waals surface area contributed by atoms with E-state index in [1.54, 1.807) is 0 Å². The molecule has 0 aliphatic heterocycles. The van der Waals surface area contributed by atoms with Crippen LogP contribution in [0.1, 0.15) is 49.8 Å². The maximum absolute atomic E-state index is 12.2. The second-order valence-electron chi connectivity index (χ2n) is 6.42. The van der Waals surface area contributed by atoms with Gasteiger partial charge < -0.3 is 10.4 Å². The van der Waals surface area contributed by atoms with Gasteiger partial charge in [0.25, 0.3) is 0 Å². The first kappa shape index (κ1) is 16.0. The van der Waals surface area contributed by atoms with Gasteiger partial charge in [0.05, 0.1) is 6.42 Å². The van der Waals surface area contributed by atoms with E-state index in [9.17, 15) is 4.79 Å². The van der Waals surface area contributed by atoms with E-state index in [4.69, 9.17) is 5.11 Å². The fourth-order valence-electron chi connectivity index (χ4n) is 3.05. The molecule has 0 fully saturated rings. The highest BCUT2D eigenvalue weighted by molar-refractivity contribution is 5.79. The number of nitrogens with one attached hydrogen (secondary N) is 1. The minimum atomic E-state index is 0.0536. The Balaban J connectivity index is 1.96. The average molecular weight is 289 g/mol. The summed E-state index contributed by atoms with van der Waals surface area (Å²) in [5.74, 6) is 0.391. The van der Waals surface area contributed by atoms with Crippen molar-refractivity contribution in [3.63, 3.8) is 0 Å². The van der Waals surface area contributed by atoms with Crippen LogP contribution in [0.3, 0.4) is 0 Å². The molecule has 0 aromatic heterocycles. The number of amides is 1. The van der Waals surface area contributed by atoms with E-state index in [1.165, 1.54) is 30.4 Å². The van der Waals surface area contributed by atoms with Gasteiger partial charge in [-0.15, -0.1) is 0 Å². The van der Waals surface area contributed by atoms with Crippen LogP contribution >= 0.6 is 0 Å². The van der Waals surface area contributed by atoms with Gasteiger partial charge in [0.1, 0.15) is 0 Å². The standard InChI is InChI=1S/C18H27NO2/c1-13(2)17(9-10-20)19-18(21)12-14-7-8-15-5-3-4-6-16(15)11-14/h7-8,11,13,17,20H,3-6,9-10,12H2,1-2H3,(H,19,21). The topological polar surface area (TPSA) is 49.3 Å². The number of carbonyl (C=O) groups is 1. The summed E-state index contributed by atoms with van der Waals surface area (Å²) in [4.78, 5) is 12.2. The Bertz CT molecular complexity index is 482. The molecule has 1 aromatic rings. The van der Waals surface area contributed by atoms with Crippen molar-refractivity contribution in [2.45, 2.75) is 58.4 Å². The summed E-state index contributed by atoms with van der Waals surface area (Å²) in [6, 6.07) is 6.52. The lowest BCUT2D eigenvalue weighted by Gasteiger charge is -2.22. The molecule has 3 heteroatoms. The van der Waals surface area contributed by atoms with Gasteiger partial charge in [0.2, 0.25) is 5.91 Å². The summed E-state index contributed by atoms with van der Waals surface area (Å²) >= 11 is 0. The van der Waals surface area contributed by atoms with Crippen LogP contribution in [0.2, 0.25) is 0 Å². The maximum atomic E-state index is 12.2. The number of aliphatic hydroxyl groups is 1. The van der Waals surface area contributed by atoms with Crippen LogP contribution < -0.4 is 5.32 Å². The van der Waals surface area contributed by atoms with Crippen LogP contribution in [0, 0.1) is 5.92 Å². The number of aryl methyl sites for hydroxylation is 2. The number of benzene rings is 1. The molecule has 1 aromatic carbocycles. The zero-order chi connectivity index (χ0) is 15.2. The molecule has 0 saturated heterocycles. The Kier molecular flexibility index (Phi) is 5.80. The van der Waals surface area contributed by atoms with Crippen LogP contribution in [-0.4, -0.2) is 23.7 Å². The molecule has 0 spiro atoms. The SMILES string of the molecule is CC(C)C(CCO)NC(=O)Cc1ccc2c(c1)CCCC2. The molecule has 116 valence electrons. The van der Waals surface area contributed by atoms with Crippen LogP contribution in [0.4, 0.5) is 0 Å². The highest BCUT2D eigenvalue weighted by atomic mass is 16.3. The van der Waals surface area contributed by atoms with Crippen LogP contribution in [0.5, 0.6) is 0 Å². The lowest BCUT2D eigenvalue weighted by molar-refractivity contribution is -0.121. The predicted molar refractivity (Wildman–Crippen MR) is 85.3 cm³/mol. The lowest BCUT2D eigenvalue weighted by Crippen LogP contribution is -2.40. The summed E-state index contributed by atoms with van der Waals surface area (Å²) in [6.07, 6.45) is 5.91. The van der Waals surface area contributed by atoms with Crippen molar-refractivity contribution in [2.75, 3.05) is 6.61 Å². The van der Waals surface area contributed by atoms with Crippen molar-refractivity contribution in [1.82, 2.24) is 5.32 Å². The Morgan fingerprint density at radius 2 is 1.95 bits per heavy atom. The van der Waals surface area contributed by atoms with Gasteiger partial charge in [0.15, 0.2) is 0 Å². The Morgan fingerprint density at radius 1 is 1.24 bits per heavy atom. The van der Waals surface area contributed by atoms with Crippen LogP contribution in [0.25, 0.3) is 0 Å². The summed E-state index contributed by atoms with van der Waals surface area (Å²) in [6.45, 7) is 4.25. The van der Waals surface area contributed by atoms with Crippen molar-refractivity contribution in [1.29, 1.82) is 0 Å². The van der Waals surface area contributed by atoms with E-state index in [0.29, 0.717) is 18.8 Å². The van der Waals surface area contributed by atoms with Gasteiger partial charge in [0, 0.05) is 12.6 Å². The van der Waals surface area contributed by atoms with Crippen LogP contribution in [0.15, 0.2) is 18.2 Å². The van der Waals surface area contributed by atoms with Gasteiger partial charge >= 0.3 is 0 Å². The van der Waals surface area contributed by atoms with Gasteiger partial charge in [-0.2, -0.15) is 0 Å². The zero-order valence-corrected chi connectivity index (χ0v) is 13.2. The van der Waals surface area contributed by atoms with E-state index in [1.807, 2.05) is 0 Å². The zero-order valence-electron chi connectivity index (χ0n) is 13.2. The maximum Gasteiger partial charge on any atom is 0.224 e. The summed E-state index contributed by atoms with van der Waals surface area (Å²) in [7, 11) is 0. The molecule has 1 atom stereocenters. The molecule has 0 saturated carbocycles. The first-order chi connectivity index (χ1) is 10.1. The van der Waals surface area contributed by atoms with Gasteiger partial charge in [-0.3, -0.25) is 4.79 Å². The molecule has 3 nitrogen and oxygen atoms in total. The monoisotopic (exact) mass is 289 g/mol. The smallest absolute Gasteiger partial charge is 0.224 e. The van der Waals surface area contributed by atoms with Crippen molar-refractivity contribution < 1.29 is 9.90 Å². The third-order valence-corrected chi connectivity index (χ3v) is 4.37. The van der Waals surface area contributed by atoms with Crippen molar-refractivity contribution >= 4 is 5.91 Å². The molecule has 2 N–H and O–H groups in total. The predicted octanol–water partition coefficient (Wildman–Crippen LogP) is 2.63.